The molecule has 68 valence electrons. The van der Waals surface area contributed by atoms with Crippen molar-refractivity contribution in [3.63, 3.8) is 0 Å². The predicted octanol–water partition coefficient (Wildman–Crippen LogP) is -0.889. The largest absolute Gasteiger partial charge is 0.377 e. The zero-order valence-corrected chi connectivity index (χ0v) is 7.01. The molecule has 0 aliphatic carbocycles. The van der Waals surface area contributed by atoms with Crippen LogP contribution in [-0.4, -0.2) is 38.3 Å². The lowest BCUT2D eigenvalue weighted by molar-refractivity contribution is -0.126. The molecule has 1 amide bonds. The molecule has 0 aromatic carbocycles. The van der Waals surface area contributed by atoms with Gasteiger partial charge in [-0.05, 0) is 19.0 Å². The van der Waals surface area contributed by atoms with E-state index in [0.717, 1.165) is 13.1 Å². The summed E-state index contributed by atoms with van der Waals surface area (Å²) in [4.78, 5) is 11.3. The van der Waals surface area contributed by atoms with Crippen molar-refractivity contribution < 1.29 is 9.53 Å². The second-order valence-corrected chi connectivity index (χ2v) is 3.53. The van der Waals surface area contributed by atoms with Crippen molar-refractivity contribution in [1.82, 2.24) is 10.6 Å². The van der Waals surface area contributed by atoms with Crippen LogP contribution >= 0.6 is 0 Å². The summed E-state index contributed by atoms with van der Waals surface area (Å²) in [7, 11) is 0. The maximum Gasteiger partial charge on any atom is 0.220 e. The summed E-state index contributed by atoms with van der Waals surface area (Å²) < 4.78 is 4.95. The van der Waals surface area contributed by atoms with Gasteiger partial charge in [-0.3, -0.25) is 4.79 Å². The van der Waals surface area contributed by atoms with Gasteiger partial charge in [-0.15, -0.1) is 0 Å². The van der Waals surface area contributed by atoms with E-state index in [1.807, 2.05) is 0 Å². The van der Waals surface area contributed by atoms with Crippen LogP contribution in [0.5, 0.6) is 0 Å². The van der Waals surface area contributed by atoms with Gasteiger partial charge in [-0.2, -0.15) is 0 Å². The number of hydrogen-bond donors (Lipinski definition) is 2. The van der Waals surface area contributed by atoms with E-state index >= 15 is 0 Å². The Hall–Kier alpha value is -0.610. The van der Waals surface area contributed by atoms with Crippen molar-refractivity contribution in [2.45, 2.75) is 12.5 Å². The molecule has 0 bridgehead atoms. The molecular weight excluding hydrogens is 156 g/mol. The van der Waals surface area contributed by atoms with Crippen LogP contribution < -0.4 is 10.6 Å². The zero-order valence-electron chi connectivity index (χ0n) is 7.01. The van der Waals surface area contributed by atoms with E-state index in [0.29, 0.717) is 25.6 Å². The second-order valence-electron chi connectivity index (χ2n) is 3.53. The van der Waals surface area contributed by atoms with Gasteiger partial charge in [0.2, 0.25) is 5.91 Å². The SMILES string of the molecule is O=C(CC1CNC1)NC1COC1. The van der Waals surface area contributed by atoms with Crippen LogP contribution in [0, 0.1) is 5.92 Å². The highest BCUT2D eigenvalue weighted by molar-refractivity contribution is 5.76. The number of carbonyl (C=O) groups excluding carboxylic acids is 1. The Morgan fingerprint density at radius 3 is 2.67 bits per heavy atom. The lowest BCUT2D eigenvalue weighted by atomic mass is 9.99. The van der Waals surface area contributed by atoms with Crippen LogP contribution in [-0.2, 0) is 9.53 Å². The highest BCUT2D eigenvalue weighted by atomic mass is 16.5. The number of rotatable bonds is 3. The van der Waals surface area contributed by atoms with Crippen LogP contribution in [0.3, 0.4) is 0 Å². The number of ether oxygens (including phenoxy) is 1. The maximum absolute atomic E-state index is 11.3. The van der Waals surface area contributed by atoms with Gasteiger partial charge in [-0.25, -0.2) is 0 Å². The first kappa shape index (κ1) is 8.01. The summed E-state index contributed by atoms with van der Waals surface area (Å²) in [6.07, 6.45) is 0.670. The van der Waals surface area contributed by atoms with Crippen LogP contribution in [0.15, 0.2) is 0 Å². The molecule has 0 spiro atoms. The van der Waals surface area contributed by atoms with Crippen molar-refractivity contribution in [2.24, 2.45) is 5.92 Å². The Labute approximate surface area is 71.7 Å². The first-order chi connectivity index (χ1) is 5.84. The Balaban J connectivity index is 1.62. The van der Waals surface area contributed by atoms with E-state index < -0.39 is 0 Å². The zero-order chi connectivity index (χ0) is 8.39. The molecule has 0 saturated carbocycles. The van der Waals surface area contributed by atoms with Gasteiger partial charge in [0.1, 0.15) is 0 Å². The lowest BCUT2D eigenvalue weighted by Gasteiger charge is -2.30. The van der Waals surface area contributed by atoms with Crippen LogP contribution in [0.4, 0.5) is 0 Å². The molecule has 4 heteroatoms. The van der Waals surface area contributed by atoms with Crippen LogP contribution in [0.1, 0.15) is 6.42 Å². The van der Waals surface area contributed by atoms with Gasteiger partial charge in [-0.1, -0.05) is 0 Å². The summed E-state index contributed by atoms with van der Waals surface area (Å²) >= 11 is 0. The Morgan fingerprint density at radius 2 is 2.25 bits per heavy atom. The molecule has 2 heterocycles. The summed E-state index contributed by atoms with van der Waals surface area (Å²) in [5.74, 6) is 0.737. The Bertz CT molecular complexity index is 158. The first-order valence-electron chi connectivity index (χ1n) is 4.42. The topological polar surface area (TPSA) is 50.4 Å². The smallest absolute Gasteiger partial charge is 0.220 e. The van der Waals surface area contributed by atoms with Crippen LogP contribution in [0.2, 0.25) is 0 Å². The lowest BCUT2D eigenvalue weighted by Crippen LogP contribution is -2.51. The van der Waals surface area contributed by atoms with Crippen molar-refractivity contribution in [3.05, 3.63) is 0 Å². The maximum atomic E-state index is 11.3. The highest BCUT2D eigenvalue weighted by Crippen LogP contribution is 2.08. The Morgan fingerprint density at radius 1 is 1.50 bits per heavy atom. The van der Waals surface area contributed by atoms with Crippen molar-refractivity contribution >= 4 is 5.91 Å². The predicted molar refractivity (Wildman–Crippen MR) is 43.7 cm³/mol. The van der Waals surface area contributed by atoms with E-state index in [1.165, 1.54) is 0 Å². The van der Waals surface area contributed by atoms with E-state index in [4.69, 9.17) is 4.74 Å². The summed E-state index contributed by atoms with van der Waals surface area (Å²) in [6, 6.07) is 0.283. The molecule has 2 aliphatic heterocycles. The van der Waals surface area contributed by atoms with Gasteiger partial charge in [0.25, 0.3) is 0 Å². The standard InChI is InChI=1S/C8H14N2O2/c11-8(1-6-2-9-3-6)10-7-4-12-5-7/h6-7,9H,1-5H2,(H,10,11). The number of amides is 1. The van der Waals surface area contributed by atoms with Gasteiger partial charge < -0.3 is 15.4 Å². The molecule has 0 atom stereocenters. The van der Waals surface area contributed by atoms with Crippen molar-refractivity contribution in [3.8, 4) is 0 Å². The second kappa shape index (κ2) is 3.41. The van der Waals surface area contributed by atoms with Crippen molar-refractivity contribution in [2.75, 3.05) is 26.3 Å². The van der Waals surface area contributed by atoms with Gasteiger partial charge >= 0.3 is 0 Å². The quantitative estimate of drug-likeness (QED) is 0.578. The summed E-state index contributed by atoms with van der Waals surface area (Å²) in [6.45, 7) is 3.37. The van der Waals surface area contributed by atoms with Gasteiger partial charge in [0, 0.05) is 6.42 Å². The molecule has 12 heavy (non-hydrogen) atoms. The fraction of sp³-hybridized carbons (Fsp3) is 0.875. The third-order valence-electron chi connectivity index (χ3n) is 2.34. The third-order valence-corrected chi connectivity index (χ3v) is 2.34. The summed E-state index contributed by atoms with van der Waals surface area (Å²) in [5, 5.41) is 6.07. The Kier molecular flexibility index (Phi) is 2.28. The van der Waals surface area contributed by atoms with E-state index in [2.05, 4.69) is 10.6 Å². The van der Waals surface area contributed by atoms with Crippen molar-refractivity contribution in [1.29, 1.82) is 0 Å². The fourth-order valence-corrected chi connectivity index (χ4v) is 1.36. The minimum atomic E-state index is 0.176. The fourth-order valence-electron chi connectivity index (χ4n) is 1.36. The van der Waals surface area contributed by atoms with E-state index in [-0.39, 0.29) is 11.9 Å². The van der Waals surface area contributed by atoms with Crippen LogP contribution in [0.25, 0.3) is 0 Å². The van der Waals surface area contributed by atoms with Gasteiger partial charge in [0.05, 0.1) is 19.3 Å². The first-order valence-corrected chi connectivity index (χ1v) is 4.42. The molecule has 0 unspecified atom stereocenters. The molecule has 4 nitrogen and oxygen atoms in total. The summed E-state index contributed by atoms with van der Waals surface area (Å²) in [5.41, 5.74) is 0. The molecule has 2 rings (SSSR count). The number of nitrogens with one attached hydrogen (secondary N) is 2. The third kappa shape index (κ3) is 1.76. The normalized spacial score (nSPS) is 24.3. The van der Waals surface area contributed by atoms with Gasteiger partial charge in [0.15, 0.2) is 0 Å². The molecular formula is C8H14N2O2. The average molecular weight is 170 g/mol. The molecule has 2 fully saturated rings. The average Bonchev–Trinajstić information content (AvgIpc) is 1.89. The highest BCUT2D eigenvalue weighted by Gasteiger charge is 2.24. The minimum Gasteiger partial charge on any atom is -0.377 e. The van der Waals surface area contributed by atoms with E-state index in [1.54, 1.807) is 0 Å². The molecule has 0 aromatic heterocycles. The van der Waals surface area contributed by atoms with E-state index in [9.17, 15) is 4.79 Å². The molecule has 2 N–H and O–H groups in total. The minimum absolute atomic E-state index is 0.176. The molecule has 0 radical (unpaired) electrons. The number of hydrogen-bond acceptors (Lipinski definition) is 3. The molecule has 0 aromatic rings. The molecule has 2 saturated heterocycles. The number of carbonyl (C=O) groups is 1. The molecule has 2 aliphatic rings. The monoisotopic (exact) mass is 170 g/mol.